The minimum atomic E-state index is -3.71. The van der Waals surface area contributed by atoms with Gasteiger partial charge in [0.15, 0.2) is 0 Å². The fourth-order valence-corrected chi connectivity index (χ4v) is 5.63. The number of fused-ring (bicyclic) bond motifs is 2. The van der Waals surface area contributed by atoms with Gasteiger partial charge >= 0.3 is 0 Å². The van der Waals surface area contributed by atoms with Crippen LogP contribution in [0.15, 0.2) is 47.4 Å². The first-order valence-electron chi connectivity index (χ1n) is 8.94. The van der Waals surface area contributed by atoms with Crippen LogP contribution in [0.2, 0.25) is 0 Å². The van der Waals surface area contributed by atoms with Crippen LogP contribution in [0, 0.1) is 0 Å². The van der Waals surface area contributed by atoms with Crippen molar-refractivity contribution in [3.8, 4) is 11.5 Å². The van der Waals surface area contributed by atoms with E-state index in [2.05, 4.69) is 0 Å². The molecule has 1 saturated heterocycles. The molecule has 0 bridgehead atoms. The highest BCUT2D eigenvalue weighted by molar-refractivity contribution is 7.89. The zero-order chi connectivity index (χ0) is 20.1. The summed E-state index contributed by atoms with van der Waals surface area (Å²) in [5, 5.41) is 0. The second-order valence-electron chi connectivity index (χ2n) is 7.09. The molecule has 2 heterocycles. The molecule has 0 saturated carbocycles. The summed E-state index contributed by atoms with van der Waals surface area (Å²) in [7, 11) is 1.12. The summed E-state index contributed by atoms with van der Waals surface area (Å²) in [5.41, 5.74) is 0.749. The van der Waals surface area contributed by atoms with Gasteiger partial charge in [-0.1, -0.05) is 0 Å². The van der Waals surface area contributed by atoms with Crippen LogP contribution in [-0.4, -0.2) is 53.0 Å². The summed E-state index contributed by atoms with van der Waals surface area (Å²) < 4.78 is 38.1. The SMILES string of the molecule is COc1ccc(S(=O)(=O)N2CC[C@@]3(C2)C(=O)N(C)c2ccc(OC)cc23)cc1. The Bertz CT molecular complexity index is 1040. The molecule has 28 heavy (non-hydrogen) atoms. The van der Waals surface area contributed by atoms with Crippen LogP contribution >= 0.6 is 0 Å². The number of benzene rings is 2. The molecule has 2 aliphatic rings. The van der Waals surface area contributed by atoms with Gasteiger partial charge in [0.05, 0.1) is 24.5 Å². The topological polar surface area (TPSA) is 76.2 Å². The van der Waals surface area contributed by atoms with Gasteiger partial charge in [-0.15, -0.1) is 0 Å². The largest absolute Gasteiger partial charge is 0.497 e. The number of methoxy groups -OCH3 is 2. The number of amides is 1. The van der Waals surface area contributed by atoms with Gasteiger partial charge in [0.1, 0.15) is 11.5 Å². The molecule has 0 unspecified atom stereocenters. The van der Waals surface area contributed by atoms with Gasteiger partial charge in [-0.25, -0.2) is 8.42 Å². The van der Waals surface area contributed by atoms with E-state index >= 15 is 0 Å². The summed E-state index contributed by atoms with van der Waals surface area (Å²) in [5.74, 6) is 1.16. The maximum absolute atomic E-state index is 13.1. The highest BCUT2D eigenvalue weighted by Gasteiger charge is 2.55. The molecule has 0 aliphatic carbocycles. The third-order valence-electron chi connectivity index (χ3n) is 5.73. The molecule has 1 atom stereocenters. The molecule has 0 N–H and O–H groups in total. The van der Waals surface area contributed by atoms with Crippen molar-refractivity contribution in [1.82, 2.24) is 4.31 Å². The molecule has 7 nitrogen and oxygen atoms in total. The smallest absolute Gasteiger partial charge is 0.243 e. The molecule has 2 aromatic rings. The lowest BCUT2D eigenvalue weighted by molar-refractivity contribution is -0.122. The molecule has 2 aromatic carbocycles. The van der Waals surface area contributed by atoms with Crippen molar-refractivity contribution in [3.05, 3.63) is 48.0 Å². The van der Waals surface area contributed by atoms with E-state index < -0.39 is 15.4 Å². The van der Waals surface area contributed by atoms with E-state index in [0.29, 0.717) is 17.9 Å². The van der Waals surface area contributed by atoms with E-state index in [4.69, 9.17) is 9.47 Å². The van der Waals surface area contributed by atoms with E-state index in [1.807, 2.05) is 18.2 Å². The van der Waals surface area contributed by atoms with E-state index in [0.717, 1.165) is 11.3 Å². The monoisotopic (exact) mass is 402 g/mol. The van der Waals surface area contributed by atoms with E-state index in [1.165, 1.54) is 23.5 Å². The summed E-state index contributed by atoms with van der Waals surface area (Å²) in [6.45, 7) is 0.398. The summed E-state index contributed by atoms with van der Waals surface area (Å²) in [6, 6.07) is 11.8. The third-order valence-corrected chi connectivity index (χ3v) is 7.59. The molecule has 8 heteroatoms. The minimum absolute atomic E-state index is 0.0804. The maximum Gasteiger partial charge on any atom is 0.243 e. The number of nitrogens with zero attached hydrogens (tertiary/aromatic N) is 2. The van der Waals surface area contributed by atoms with Crippen molar-refractivity contribution in [1.29, 1.82) is 0 Å². The quantitative estimate of drug-likeness (QED) is 0.782. The fourth-order valence-electron chi connectivity index (χ4n) is 4.13. The zero-order valence-corrected chi connectivity index (χ0v) is 16.8. The Morgan fingerprint density at radius 2 is 1.64 bits per heavy atom. The molecule has 0 aromatic heterocycles. The second-order valence-corrected chi connectivity index (χ2v) is 9.03. The fraction of sp³-hybridized carbons (Fsp3) is 0.350. The third kappa shape index (κ3) is 2.59. The van der Waals surface area contributed by atoms with Gasteiger partial charge < -0.3 is 14.4 Å². The zero-order valence-electron chi connectivity index (χ0n) is 16.0. The summed E-state index contributed by atoms with van der Waals surface area (Å²) >= 11 is 0. The number of hydrogen-bond acceptors (Lipinski definition) is 5. The normalized spacial score (nSPS) is 22.0. The lowest BCUT2D eigenvalue weighted by atomic mass is 9.81. The van der Waals surface area contributed by atoms with Gasteiger partial charge in [-0.3, -0.25) is 4.79 Å². The van der Waals surface area contributed by atoms with Gasteiger partial charge in [0.2, 0.25) is 15.9 Å². The molecule has 4 rings (SSSR count). The standard InChI is InChI=1S/C20H22N2O5S/c1-21-18-9-6-15(27-3)12-17(18)20(19(21)23)10-11-22(13-20)28(24,25)16-7-4-14(26-2)5-8-16/h4-9,12H,10-11,13H2,1-3H3/t20-/m0/s1. The molecule has 0 radical (unpaired) electrons. The minimum Gasteiger partial charge on any atom is -0.497 e. The number of carbonyl (C=O) groups excluding carboxylic acids is 1. The van der Waals surface area contributed by atoms with E-state index in [9.17, 15) is 13.2 Å². The lowest BCUT2D eigenvalue weighted by Crippen LogP contribution is -2.42. The Balaban J connectivity index is 1.71. The van der Waals surface area contributed by atoms with Gasteiger partial charge in [-0.2, -0.15) is 4.31 Å². The van der Waals surface area contributed by atoms with Crippen LogP contribution < -0.4 is 14.4 Å². The number of sulfonamides is 1. The van der Waals surface area contributed by atoms with Crippen molar-refractivity contribution in [2.45, 2.75) is 16.7 Å². The highest BCUT2D eigenvalue weighted by atomic mass is 32.2. The molecule has 1 spiro atoms. The Labute approximate surface area is 164 Å². The lowest BCUT2D eigenvalue weighted by Gasteiger charge is -2.23. The Kier molecular flexibility index (Phi) is 4.35. The van der Waals surface area contributed by atoms with Gasteiger partial charge in [-0.05, 0) is 54.4 Å². The first-order chi connectivity index (χ1) is 13.3. The van der Waals surface area contributed by atoms with Crippen molar-refractivity contribution >= 4 is 21.6 Å². The van der Waals surface area contributed by atoms with E-state index in [1.54, 1.807) is 31.2 Å². The van der Waals surface area contributed by atoms with Gasteiger partial charge in [0, 0.05) is 25.8 Å². The summed E-state index contributed by atoms with van der Waals surface area (Å²) in [6.07, 6.45) is 0.436. The number of anilines is 1. The first kappa shape index (κ1) is 18.8. The van der Waals surface area contributed by atoms with Crippen molar-refractivity contribution < 1.29 is 22.7 Å². The molecular weight excluding hydrogens is 380 g/mol. The molecule has 1 amide bonds. The maximum atomic E-state index is 13.1. The Hall–Kier alpha value is -2.58. The number of likely N-dealkylation sites (N-methyl/N-ethyl adjacent to an activating group) is 1. The second kappa shape index (κ2) is 6.49. The average molecular weight is 402 g/mol. The Morgan fingerprint density at radius 1 is 1.00 bits per heavy atom. The highest BCUT2D eigenvalue weighted by Crippen LogP contribution is 2.48. The Morgan fingerprint density at radius 3 is 2.29 bits per heavy atom. The van der Waals surface area contributed by atoms with Crippen LogP contribution in [0.4, 0.5) is 5.69 Å². The molecule has 148 valence electrons. The van der Waals surface area contributed by atoms with E-state index in [-0.39, 0.29) is 23.9 Å². The predicted molar refractivity (Wildman–Crippen MR) is 104 cm³/mol. The number of carbonyl (C=O) groups is 1. The van der Waals surface area contributed by atoms with Crippen LogP contribution in [0.1, 0.15) is 12.0 Å². The van der Waals surface area contributed by atoms with Crippen LogP contribution in [0.5, 0.6) is 11.5 Å². The van der Waals surface area contributed by atoms with Crippen LogP contribution in [-0.2, 0) is 20.2 Å². The number of rotatable bonds is 4. The van der Waals surface area contributed by atoms with Crippen molar-refractivity contribution in [3.63, 3.8) is 0 Å². The molecule has 1 fully saturated rings. The molecule has 2 aliphatic heterocycles. The van der Waals surface area contributed by atoms with Crippen molar-refractivity contribution in [2.24, 2.45) is 0 Å². The number of hydrogen-bond donors (Lipinski definition) is 0. The first-order valence-corrected chi connectivity index (χ1v) is 10.4. The van der Waals surface area contributed by atoms with Crippen LogP contribution in [0.3, 0.4) is 0 Å². The summed E-state index contributed by atoms with van der Waals surface area (Å²) in [4.78, 5) is 14.9. The number of ether oxygens (including phenoxy) is 2. The predicted octanol–water partition coefficient (Wildman–Crippen LogP) is 2.01. The van der Waals surface area contributed by atoms with Crippen molar-refractivity contribution in [2.75, 3.05) is 39.3 Å². The van der Waals surface area contributed by atoms with Crippen LogP contribution in [0.25, 0.3) is 0 Å². The average Bonchev–Trinajstić information content (AvgIpc) is 3.26. The molecular formula is C20H22N2O5S. The van der Waals surface area contributed by atoms with Gasteiger partial charge in [0.25, 0.3) is 0 Å².